The van der Waals surface area contributed by atoms with Crippen LogP contribution in [-0.2, 0) is 14.6 Å². The summed E-state index contributed by atoms with van der Waals surface area (Å²) in [6, 6.07) is 0. The number of likely N-dealkylation sites (N-methyl/N-ethyl adjacent to an activating group) is 1. The Balaban J connectivity index is 1.29. The van der Waals surface area contributed by atoms with Crippen molar-refractivity contribution >= 4 is 15.7 Å². The first kappa shape index (κ1) is 33.0. The predicted molar refractivity (Wildman–Crippen MR) is 178 cm³/mol. The molecule has 1 amide bonds. The number of fused-ring (bicyclic) bond motifs is 7. The van der Waals surface area contributed by atoms with E-state index in [4.69, 9.17) is 0 Å². The van der Waals surface area contributed by atoms with Gasteiger partial charge in [0.1, 0.15) is 0 Å². The van der Waals surface area contributed by atoms with Crippen molar-refractivity contribution in [3.8, 4) is 0 Å². The molecule has 8 atom stereocenters. The van der Waals surface area contributed by atoms with E-state index in [9.17, 15) is 18.3 Å². The molecule has 250 valence electrons. The molecule has 0 aromatic carbocycles. The second-order valence-electron chi connectivity index (χ2n) is 18.5. The fourth-order valence-corrected chi connectivity index (χ4v) is 13.6. The third kappa shape index (κ3) is 4.81. The number of nitrogens with zero attached hydrogens (tertiary/aromatic N) is 2. The summed E-state index contributed by atoms with van der Waals surface area (Å²) in [5.41, 5.74) is 1.95. The highest BCUT2D eigenvalue weighted by molar-refractivity contribution is 7.91. The van der Waals surface area contributed by atoms with E-state index in [-0.39, 0.29) is 56.0 Å². The highest BCUT2D eigenvalue weighted by atomic mass is 32.2. The number of aliphatic hydroxyl groups is 1. The van der Waals surface area contributed by atoms with Gasteiger partial charge in [-0.05, 0) is 109 Å². The average Bonchev–Trinajstić information content (AvgIpc) is 2.94. The molecule has 0 spiro atoms. The van der Waals surface area contributed by atoms with E-state index in [2.05, 4.69) is 59.4 Å². The summed E-state index contributed by atoms with van der Waals surface area (Å²) in [6.45, 7) is 19.8. The zero-order valence-corrected chi connectivity index (χ0v) is 30.0. The molecule has 0 radical (unpaired) electrons. The minimum atomic E-state index is -2.90. The molecule has 1 aliphatic heterocycles. The molecular formula is C37H62N2O4S. The smallest absolute Gasteiger partial charge is 0.229 e. The Morgan fingerprint density at radius 2 is 1.59 bits per heavy atom. The molecule has 1 unspecified atom stereocenters. The van der Waals surface area contributed by atoms with Crippen molar-refractivity contribution in [2.24, 2.45) is 50.2 Å². The third-order valence-corrected chi connectivity index (χ3v) is 17.2. The summed E-state index contributed by atoms with van der Waals surface area (Å²) < 4.78 is 23.9. The first-order valence-corrected chi connectivity index (χ1v) is 19.7. The molecule has 5 aliphatic carbocycles. The van der Waals surface area contributed by atoms with Crippen LogP contribution in [0.1, 0.15) is 113 Å². The van der Waals surface area contributed by atoms with Gasteiger partial charge in [-0.1, -0.05) is 60.1 Å². The number of carbonyl (C=O) groups is 1. The Kier molecular flexibility index (Phi) is 7.91. The van der Waals surface area contributed by atoms with Crippen LogP contribution in [-0.4, -0.2) is 80.1 Å². The minimum Gasteiger partial charge on any atom is -0.393 e. The van der Waals surface area contributed by atoms with Crippen LogP contribution < -0.4 is 0 Å². The van der Waals surface area contributed by atoms with E-state index >= 15 is 0 Å². The number of allylic oxidation sites excluding steroid dienone is 2. The van der Waals surface area contributed by atoms with Gasteiger partial charge in [-0.2, -0.15) is 0 Å². The van der Waals surface area contributed by atoms with Crippen LogP contribution in [0.5, 0.6) is 0 Å². The minimum absolute atomic E-state index is 0.0478. The van der Waals surface area contributed by atoms with Gasteiger partial charge in [-0.3, -0.25) is 9.69 Å². The molecule has 1 saturated heterocycles. The highest BCUT2D eigenvalue weighted by Crippen LogP contribution is 2.75. The molecule has 44 heavy (non-hydrogen) atoms. The van der Waals surface area contributed by atoms with Crippen molar-refractivity contribution in [3.05, 3.63) is 11.6 Å². The van der Waals surface area contributed by atoms with Crippen molar-refractivity contribution in [2.75, 3.05) is 44.7 Å². The maximum absolute atomic E-state index is 14.7. The fourth-order valence-electron chi connectivity index (χ4n) is 12.4. The Morgan fingerprint density at radius 1 is 0.932 bits per heavy atom. The molecular weight excluding hydrogens is 568 g/mol. The molecule has 0 aromatic heterocycles. The summed E-state index contributed by atoms with van der Waals surface area (Å²) in [7, 11) is -0.909. The van der Waals surface area contributed by atoms with Gasteiger partial charge in [0, 0.05) is 33.2 Å². The first-order valence-electron chi connectivity index (χ1n) is 17.9. The van der Waals surface area contributed by atoms with Gasteiger partial charge in [0.25, 0.3) is 0 Å². The van der Waals surface area contributed by atoms with E-state index in [1.54, 1.807) is 5.57 Å². The Labute approximate surface area is 268 Å². The molecule has 0 bridgehead atoms. The molecule has 6 nitrogen and oxygen atoms in total. The molecule has 4 saturated carbocycles. The summed E-state index contributed by atoms with van der Waals surface area (Å²) in [6.07, 6.45) is 13.2. The van der Waals surface area contributed by atoms with Crippen LogP contribution in [0, 0.1) is 50.2 Å². The van der Waals surface area contributed by atoms with Crippen molar-refractivity contribution < 1.29 is 18.3 Å². The standard InChI is InChI=1S/C37H62N2O4S/c1-32(2)15-17-37(31(41)38(8)19-20-39-21-23-44(42,43)24-22-39)18-16-35(6)26(27(37)25-32)9-10-29-34(5)13-12-30(40)33(3,4)28(34)11-14-36(29,35)7/h9,27-30,40H,10-25H2,1-8H3/t27-,28-,29+,30?,34-,35+,36+,37-/m0/s1. The topological polar surface area (TPSA) is 77.9 Å². The second-order valence-corrected chi connectivity index (χ2v) is 20.8. The molecule has 5 fully saturated rings. The molecule has 6 aliphatic rings. The number of hydrogen-bond donors (Lipinski definition) is 1. The predicted octanol–water partition coefficient (Wildman–Crippen LogP) is 6.34. The number of carbonyl (C=O) groups excluding carboxylic acids is 1. The lowest BCUT2D eigenvalue weighted by molar-refractivity contribution is -0.204. The molecule has 1 heterocycles. The van der Waals surface area contributed by atoms with Crippen LogP contribution in [0.3, 0.4) is 0 Å². The zero-order chi connectivity index (χ0) is 32.1. The molecule has 7 heteroatoms. The third-order valence-electron chi connectivity index (χ3n) is 15.6. The number of rotatable bonds is 4. The number of aliphatic hydroxyl groups excluding tert-OH is 1. The normalized spacial score (nSPS) is 46.0. The van der Waals surface area contributed by atoms with Gasteiger partial charge < -0.3 is 10.0 Å². The summed E-state index contributed by atoms with van der Waals surface area (Å²) in [5, 5.41) is 11.1. The van der Waals surface area contributed by atoms with E-state index < -0.39 is 9.84 Å². The van der Waals surface area contributed by atoms with E-state index in [0.717, 1.165) is 57.9 Å². The van der Waals surface area contributed by atoms with Crippen molar-refractivity contribution in [3.63, 3.8) is 0 Å². The summed E-state index contributed by atoms with van der Waals surface area (Å²) in [5.74, 6) is 2.23. The van der Waals surface area contributed by atoms with Crippen molar-refractivity contribution in [2.45, 2.75) is 119 Å². The lowest BCUT2D eigenvalue weighted by Crippen LogP contribution is -2.65. The van der Waals surface area contributed by atoms with Crippen LogP contribution in [0.15, 0.2) is 11.6 Å². The monoisotopic (exact) mass is 630 g/mol. The molecule has 0 aromatic rings. The summed E-state index contributed by atoms with van der Waals surface area (Å²) in [4.78, 5) is 18.9. The number of amides is 1. The maximum Gasteiger partial charge on any atom is 0.229 e. The lowest BCUT2D eigenvalue weighted by Gasteiger charge is -2.71. The van der Waals surface area contributed by atoms with Gasteiger partial charge >= 0.3 is 0 Å². The summed E-state index contributed by atoms with van der Waals surface area (Å²) >= 11 is 0. The Hall–Kier alpha value is -0.920. The quantitative estimate of drug-likeness (QED) is 0.367. The van der Waals surface area contributed by atoms with Crippen molar-refractivity contribution in [1.82, 2.24) is 9.80 Å². The van der Waals surface area contributed by atoms with Crippen LogP contribution in [0.4, 0.5) is 0 Å². The highest BCUT2D eigenvalue weighted by Gasteiger charge is 2.69. The second kappa shape index (κ2) is 10.5. The van der Waals surface area contributed by atoms with Crippen molar-refractivity contribution in [1.29, 1.82) is 0 Å². The number of hydrogen-bond acceptors (Lipinski definition) is 5. The van der Waals surface area contributed by atoms with Crippen LogP contribution in [0.2, 0.25) is 0 Å². The van der Waals surface area contributed by atoms with Gasteiger partial charge in [0.15, 0.2) is 9.84 Å². The van der Waals surface area contributed by atoms with E-state index in [1.807, 2.05) is 11.9 Å². The first-order chi connectivity index (χ1) is 20.3. The van der Waals surface area contributed by atoms with Gasteiger partial charge in [0.05, 0.1) is 23.0 Å². The lowest BCUT2D eigenvalue weighted by atomic mass is 9.33. The molecule has 6 rings (SSSR count). The van der Waals surface area contributed by atoms with Gasteiger partial charge in [-0.25, -0.2) is 8.42 Å². The van der Waals surface area contributed by atoms with E-state index in [1.165, 1.54) is 12.8 Å². The Bertz CT molecular complexity index is 1290. The number of sulfone groups is 1. The fraction of sp³-hybridized carbons (Fsp3) is 0.919. The van der Waals surface area contributed by atoms with Crippen LogP contribution >= 0.6 is 0 Å². The maximum atomic E-state index is 14.7. The van der Waals surface area contributed by atoms with Gasteiger partial charge in [-0.15, -0.1) is 0 Å². The van der Waals surface area contributed by atoms with Crippen LogP contribution in [0.25, 0.3) is 0 Å². The zero-order valence-electron chi connectivity index (χ0n) is 29.2. The van der Waals surface area contributed by atoms with E-state index in [0.29, 0.717) is 37.4 Å². The Morgan fingerprint density at radius 3 is 2.27 bits per heavy atom. The average molecular weight is 631 g/mol. The largest absolute Gasteiger partial charge is 0.393 e. The SMILES string of the molecule is CN(CCN1CCS(=O)(=O)CC1)C(=O)[C@]12CCC(C)(C)C[C@H]1C1=CC[C@@H]3[C@@]4(C)CCC(O)C(C)(C)[C@@H]4CC[C@@]3(C)[C@]1(C)CC2. The van der Waals surface area contributed by atoms with Gasteiger partial charge in [0.2, 0.25) is 5.91 Å². The molecule has 1 N–H and O–H groups in total.